The van der Waals surface area contributed by atoms with E-state index in [4.69, 9.17) is 19.7 Å². The molecule has 37 heavy (non-hydrogen) atoms. The Morgan fingerprint density at radius 3 is 2.95 bits per heavy atom. The van der Waals surface area contributed by atoms with Crippen molar-refractivity contribution in [2.24, 2.45) is 0 Å². The average molecular weight is 511 g/mol. The predicted octanol–water partition coefficient (Wildman–Crippen LogP) is 1.26. The van der Waals surface area contributed by atoms with Crippen LogP contribution in [0.25, 0.3) is 16.7 Å². The van der Waals surface area contributed by atoms with Gasteiger partial charge in [-0.1, -0.05) is 5.16 Å². The van der Waals surface area contributed by atoms with Crippen LogP contribution in [-0.2, 0) is 14.3 Å². The first-order valence-electron chi connectivity index (χ1n) is 11.1. The third kappa shape index (κ3) is 4.32. The van der Waals surface area contributed by atoms with Crippen LogP contribution < -0.4 is 20.7 Å². The number of carbonyl (C=O) groups is 2. The van der Waals surface area contributed by atoms with Gasteiger partial charge < -0.3 is 30.2 Å². The van der Waals surface area contributed by atoms with Gasteiger partial charge in [0, 0.05) is 30.1 Å². The highest BCUT2D eigenvalue weighted by Crippen LogP contribution is 2.28. The minimum atomic E-state index is -2.25. The molecule has 0 unspecified atom stereocenters. The summed E-state index contributed by atoms with van der Waals surface area (Å²) in [5.74, 6) is -1.65. The molecule has 0 aliphatic carbocycles. The number of pyridine rings is 1. The number of aliphatic hydroxyl groups is 1. The minimum Gasteiger partial charge on any atom is -0.481 e. The Hall–Kier alpha value is -4.56. The number of nitrogens with two attached hydrogens (primary N) is 1. The Balaban J connectivity index is 1.35. The number of benzene rings is 1. The van der Waals surface area contributed by atoms with E-state index in [2.05, 4.69) is 20.6 Å². The third-order valence-corrected chi connectivity index (χ3v) is 5.94. The molecule has 0 bridgehead atoms. The van der Waals surface area contributed by atoms with Crippen LogP contribution in [0.3, 0.4) is 0 Å². The van der Waals surface area contributed by atoms with E-state index in [0.717, 1.165) is 6.20 Å². The number of halogens is 1. The quantitative estimate of drug-likeness (QED) is 0.342. The van der Waals surface area contributed by atoms with E-state index in [9.17, 15) is 19.1 Å². The summed E-state index contributed by atoms with van der Waals surface area (Å²) >= 11 is 0. The van der Waals surface area contributed by atoms with Gasteiger partial charge in [0.1, 0.15) is 5.69 Å². The summed E-state index contributed by atoms with van der Waals surface area (Å²) < 4.78 is 31.2. The summed E-state index contributed by atoms with van der Waals surface area (Å²) in [4.78, 5) is 31.3. The van der Waals surface area contributed by atoms with E-state index in [1.165, 1.54) is 48.0 Å². The number of carbonyl (C=O) groups excluding carboxylic acids is 2. The lowest BCUT2D eigenvalue weighted by atomic mass is 9.95. The fraction of sp³-hybridized carbons (Fsp3) is 0.261. The molecule has 14 heteroatoms. The fourth-order valence-corrected chi connectivity index (χ4v) is 3.92. The topological polar surface area (TPSA) is 171 Å². The summed E-state index contributed by atoms with van der Waals surface area (Å²) in [5.41, 5.74) is 4.14. The second kappa shape index (κ2) is 9.15. The van der Waals surface area contributed by atoms with Gasteiger partial charge in [-0.05, 0) is 19.1 Å². The highest BCUT2D eigenvalue weighted by atomic mass is 19.1. The van der Waals surface area contributed by atoms with Gasteiger partial charge in [-0.15, -0.1) is 5.10 Å². The number of ether oxygens (including phenoxy) is 2. The Labute approximate surface area is 208 Å². The number of hydrogen-bond acceptors (Lipinski definition) is 10. The monoisotopic (exact) mass is 511 g/mol. The lowest BCUT2D eigenvalue weighted by molar-refractivity contribution is -0.165. The SMILES string of the molecule is COc1cc(-n2ccc(N3CCO[C@H]([C@@](C)(O)C(=O)Nc4ccc5c(N)noc5c4)C3=O)n2)c(F)cn1. The molecular formula is C23H22FN7O6. The lowest BCUT2D eigenvalue weighted by Gasteiger charge is -2.37. The van der Waals surface area contributed by atoms with Crippen molar-refractivity contribution in [3.63, 3.8) is 0 Å². The molecule has 0 spiro atoms. The van der Waals surface area contributed by atoms with Gasteiger partial charge in [0.25, 0.3) is 11.8 Å². The van der Waals surface area contributed by atoms with Crippen LogP contribution in [0.2, 0.25) is 0 Å². The van der Waals surface area contributed by atoms with E-state index in [0.29, 0.717) is 16.7 Å². The number of methoxy groups -OCH3 is 1. The van der Waals surface area contributed by atoms with Gasteiger partial charge in [-0.2, -0.15) is 0 Å². The zero-order valence-electron chi connectivity index (χ0n) is 19.7. The van der Waals surface area contributed by atoms with Gasteiger partial charge in [-0.3, -0.25) is 14.5 Å². The van der Waals surface area contributed by atoms with Crippen molar-refractivity contribution in [1.82, 2.24) is 19.9 Å². The van der Waals surface area contributed by atoms with Crippen LogP contribution in [0, 0.1) is 5.82 Å². The molecule has 4 heterocycles. The molecule has 1 saturated heterocycles. The van der Waals surface area contributed by atoms with Crippen LogP contribution in [0.4, 0.5) is 21.7 Å². The second-order valence-corrected chi connectivity index (χ2v) is 8.42. The van der Waals surface area contributed by atoms with Crippen molar-refractivity contribution in [3.8, 4) is 11.6 Å². The highest BCUT2D eigenvalue weighted by Gasteiger charge is 2.49. The van der Waals surface area contributed by atoms with Crippen LogP contribution in [0.15, 0.2) is 47.2 Å². The molecule has 13 nitrogen and oxygen atoms in total. The zero-order valence-corrected chi connectivity index (χ0v) is 19.7. The summed E-state index contributed by atoms with van der Waals surface area (Å²) in [6, 6.07) is 7.50. The van der Waals surface area contributed by atoms with Crippen molar-refractivity contribution >= 4 is 40.1 Å². The standard InChI is InChI=1S/C23H22FN7O6/c1-23(34,22(33)27-12-3-4-13-16(9-12)37-29-20(13)25)19-21(32)30(7-8-36-19)17-5-6-31(28-17)15-10-18(35-2)26-11-14(15)24/h3-6,9-11,19,34H,7-8H2,1-2H3,(H2,25,29)(H,27,33)/t19-,23+/m0/s1. The molecule has 2 amide bonds. The predicted molar refractivity (Wildman–Crippen MR) is 128 cm³/mol. The maximum absolute atomic E-state index is 14.3. The first-order valence-corrected chi connectivity index (χ1v) is 11.1. The van der Waals surface area contributed by atoms with Gasteiger partial charge >= 0.3 is 0 Å². The Kier molecular flexibility index (Phi) is 5.97. The molecule has 0 saturated carbocycles. The van der Waals surface area contributed by atoms with Crippen molar-refractivity contribution in [2.75, 3.05) is 36.2 Å². The number of morpholine rings is 1. The Morgan fingerprint density at radius 2 is 2.16 bits per heavy atom. The molecule has 5 rings (SSSR count). The molecule has 0 radical (unpaired) electrons. The van der Waals surface area contributed by atoms with Crippen molar-refractivity contribution in [3.05, 3.63) is 48.5 Å². The molecule has 2 atom stereocenters. The van der Waals surface area contributed by atoms with E-state index in [1.54, 1.807) is 12.1 Å². The van der Waals surface area contributed by atoms with E-state index < -0.39 is 29.3 Å². The maximum Gasteiger partial charge on any atom is 0.260 e. The van der Waals surface area contributed by atoms with Crippen molar-refractivity contribution in [2.45, 2.75) is 18.6 Å². The smallest absolute Gasteiger partial charge is 0.260 e. The molecule has 1 fully saturated rings. The Morgan fingerprint density at radius 1 is 1.35 bits per heavy atom. The summed E-state index contributed by atoms with van der Waals surface area (Å²) in [6.07, 6.45) is 0.923. The number of anilines is 3. The number of fused-ring (bicyclic) bond motifs is 1. The van der Waals surface area contributed by atoms with Gasteiger partial charge in [-0.25, -0.2) is 14.1 Å². The van der Waals surface area contributed by atoms with Crippen molar-refractivity contribution in [1.29, 1.82) is 0 Å². The van der Waals surface area contributed by atoms with E-state index in [-0.39, 0.29) is 36.4 Å². The number of nitrogens with one attached hydrogen (secondary N) is 1. The average Bonchev–Trinajstić information content (AvgIpc) is 3.51. The van der Waals surface area contributed by atoms with E-state index >= 15 is 0 Å². The number of aromatic nitrogens is 4. The number of amides is 2. The molecule has 4 N–H and O–H groups in total. The van der Waals surface area contributed by atoms with Gasteiger partial charge in [0.05, 0.1) is 31.8 Å². The highest BCUT2D eigenvalue weighted by molar-refractivity contribution is 6.06. The molecule has 1 aliphatic heterocycles. The summed E-state index contributed by atoms with van der Waals surface area (Å²) in [5, 5.41) is 22.1. The largest absolute Gasteiger partial charge is 0.481 e. The van der Waals surface area contributed by atoms with Crippen LogP contribution in [0.1, 0.15) is 6.92 Å². The first kappa shape index (κ1) is 24.1. The second-order valence-electron chi connectivity index (χ2n) is 8.42. The summed E-state index contributed by atoms with van der Waals surface area (Å²) in [7, 11) is 1.40. The number of rotatable bonds is 6. The third-order valence-electron chi connectivity index (χ3n) is 5.94. The summed E-state index contributed by atoms with van der Waals surface area (Å²) in [6.45, 7) is 1.31. The number of hydrogen-bond donors (Lipinski definition) is 3. The molecule has 1 aromatic carbocycles. The fourth-order valence-electron chi connectivity index (χ4n) is 3.92. The lowest BCUT2D eigenvalue weighted by Crippen LogP contribution is -2.61. The van der Waals surface area contributed by atoms with Gasteiger partial charge in [0.15, 0.2) is 34.7 Å². The van der Waals surface area contributed by atoms with Crippen molar-refractivity contribution < 1.29 is 33.1 Å². The molecule has 1 aliphatic rings. The van der Waals surface area contributed by atoms with Crippen LogP contribution in [-0.4, -0.2) is 68.8 Å². The normalized spacial score (nSPS) is 17.6. The van der Waals surface area contributed by atoms with Gasteiger partial charge in [0.2, 0.25) is 5.88 Å². The molecule has 4 aromatic rings. The molecule has 3 aromatic heterocycles. The number of nitrogens with zero attached hydrogens (tertiary/aromatic N) is 5. The first-order chi connectivity index (χ1) is 17.7. The minimum absolute atomic E-state index is 0.0213. The molecular weight excluding hydrogens is 489 g/mol. The van der Waals surface area contributed by atoms with E-state index in [1.807, 2.05) is 0 Å². The zero-order chi connectivity index (χ0) is 26.3. The maximum atomic E-state index is 14.3. The number of nitrogen functional groups attached to an aromatic ring is 1. The molecule has 192 valence electrons. The van der Waals surface area contributed by atoms with Crippen LogP contribution >= 0.6 is 0 Å². The van der Waals surface area contributed by atoms with Crippen LogP contribution in [0.5, 0.6) is 5.88 Å². The Bertz CT molecular complexity index is 1500.